The van der Waals surface area contributed by atoms with Crippen molar-refractivity contribution in [2.75, 3.05) is 0 Å². The number of carbonyl (C=O) groups excluding carboxylic acids is 1. The van der Waals surface area contributed by atoms with Gasteiger partial charge in [-0.15, -0.1) is 0 Å². The highest BCUT2D eigenvalue weighted by Gasteiger charge is 2.10. The average Bonchev–Trinajstić information content (AvgIpc) is 2.46. The molecule has 0 unspecified atom stereocenters. The SMILES string of the molecule is O=C(c1cccc(Cl)c1)c1ccc2ncccc2c1. The zero-order valence-corrected chi connectivity index (χ0v) is 10.8. The summed E-state index contributed by atoms with van der Waals surface area (Å²) in [4.78, 5) is 16.6. The Morgan fingerprint density at radius 1 is 0.947 bits per heavy atom. The second kappa shape index (κ2) is 4.82. The molecule has 0 spiro atoms. The zero-order valence-electron chi connectivity index (χ0n) is 10.0. The summed E-state index contributed by atoms with van der Waals surface area (Å²) in [5, 5.41) is 1.52. The van der Waals surface area contributed by atoms with E-state index in [1.54, 1.807) is 36.5 Å². The number of ketones is 1. The Morgan fingerprint density at radius 3 is 2.63 bits per heavy atom. The van der Waals surface area contributed by atoms with Crippen molar-refractivity contribution < 1.29 is 4.79 Å². The number of nitrogens with zero attached hydrogens (tertiary/aromatic N) is 1. The summed E-state index contributed by atoms with van der Waals surface area (Å²) in [6.45, 7) is 0. The van der Waals surface area contributed by atoms with Crippen LogP contribution in [0.1, 0.15) is 15.9 Å². The highest BCUT2D eigenvalue weighted by atomic mass is 35.5. The lowest BCUT2D eigenvalue weighted by Gasteiger charge is -2.03. The van der Waals surface area contributed by atoms with Crippen molar-refractivity contribution in [3.63, 3.8) is 0 Å². The van der Waals surface area contributed by atoms with Gasteiger partial charge in [0.05, 0.1) is 5.52 Å². The van der Waals surface area contributed by atoms with Crippen molar-refractivity contribution in [3.05, 3.63) is 76.9 Å². The third kappa shape index (κ3) is 2.35. The smallest absolute Gasteiger partial charge is 0.193 e. The summed E-state index contributed by atoms with van der Waals surface area (Å²) >= 11 is 5.91. The largest absolute Gasteiger partial charge is 0.289 e. The van der Waals surface area contributed by atoms with Crippen LogP contribution in [-0.2, 0) is 0 Å². The molecule has 19 heavy (non-hydrogen) atoms. The van der Waals surface area contributed by atoms with Gasteiger partial charge in [-0.05, 0) is 36.4 Å². The number of carbonyl (C=O) groups is 1. The molecule has 1 heterocycles. The number of hydrogen-bond donors (Lipinski definition) is 0. The minimum atomic E-state index is -0.0340. The molecule has 0 bridgehead atoms. The Kier molecular flexibility index (Phi) is 3.02. The van der Waals surface area contributed by atoms with E-state index < -0.39 is 0 Å². The first kappa shape index (κ1) is 11.9. The highest BCUT2D eigenvalue weighted by molar-refractivity contribution is 6.31. The third-order valence-electron chi connectivity index (χ3n) is 2.95. The summed E-state index contributed by atoms with van der Waals surface area (Å²) in [6.07, 6.45) is 1.74. The fraction of sp³-hybridized carbons (Fsp3) is 0. The van der Waals surface area contributed by atoms with Crippen LogP contribution in [0.3, 0.4) is 0 Å². The van der Waals surface area contributed by atoms with Gasteiger partial charge >= 0.3 is 0 Å². The van der Waals surface area contributed by atoms with Crippen LogP contribution < -0.4 is 0 Å². The number of halogens is 1. The van der Waals surface area contributed by atoms with E-state index in [-0.39, 0.29) is 5.78 Å². The molecule has 1 aromatic heterocycles. The predicted molar refractivity (Wildman–Crippen MR) is 76.6 cm³/mol. The van der Waals surface area contributed by atoms with Gasteiger partial charge in [0.2, 0.25) is 0 Å². The van der Waals surface area contributed by atoms with Crippen molar-refractivity contribution in [1.29, 1.82) is 0 Å². The van der Waals surface area contributed by atoms with Crippen LogP contribution in [0.5, 0.6) is 0 Å². The van der Waals surface area contributed by atoms with Gasteiger partial charge in [-0.3, -0.25) is 9.78 Å². The lowest BCUT2D eigenvalue weighted by Crippen LogP contribution is -2.01. The number of fused-ring (bicyclic) bond motifs is 1. The highest BCUT2D eigenvalue weighted by Crippen LogP contribution is 2.18. The average molecular weight is 268 g/mol. The van der Waals surface area contributed by atoms with Gasteiger partial charge < -0.3 is 0 Å². The molecule has 0 fully saturated rings. The first-order chi connectivity index (χ1) is 9.24. The van der Waals surface area contributed by atoms with E-state index in [9.17, 15) is 4.79 Å². The molecule has 2 nitrogen and oxygen atoms in total. The maximum Gasteiger partial charge on any atom is 0.193 e. The maximum absolute atomic E-state index is 12.4. The molecule has 0 saturated carbocycles. The summed E-state index contributed by atoms with van der Waals surface area (Å²) in [6, 6.07) is 16.3. The van der Waals surface area contributed by atoms with Crippen molar-refractivity contribution in [3.8, 4) is 0 Å². The van der Waals surface area contributed by atoms with Crippen LogP contribution in [0.4, 0.5) is 0 Å². The van der Waals surface area contributed by atoms with E-state index >= 15 is 0 Å². The number of aromatic nitrogens is 1. The second-order valence-electron chi connectivity index (χ2n) is 4.25. The molecule has 0 aliphatic heterocycles. The minimum Gasteiger partial charge on any atom is -0.289 e. The molecular formula is C16H10ClNO. The van der Waals surface area contributed by atoms with Gasteiger partial charge in [-0.25, -0.2) is 0 Å². The minimum absolute atomic E-state index is 0.0340. The molecule has 0 radical (unpaired) electrons. The fourth-order valence-electron chi connectivity index (χ4n) is 2.01. The van der Waals surface area contributed by atoms with E-state index in [4.69, 9.17) is 11.6 Å². The predicted octanol–water partition coefficient (Wildman–Crippen LogP) is 4.12. The molecule has 0 amide bonds. The lowest BCUT2D eigenvalue weighted by atomic mass is 10.0. The van der Waals surface area contributed by atoms with Crippen LogP contribution in [0.25, 0.3) is 10.9 Å². The number of benzene rings is 2. The molecule has 0 N–H and O–H groups in total. The van der Waals surface area contributed by atoms with E-state index in [0.717, 1.165) is 10.9 Å². The molecule has 0 aliphatic rings. The molecular weight excluding hydrogens is 258 g/mol. The zero-order chi connectivity index (χ0) is 13.2. The van der Waals surface area contributed by atoms with E-state index in [0.29, 0.717) is 16.1 Å². The molecule has 3 aromatic rings. The van der Waals surface area contributed by atoms with Gasteiger partial charge in [0.1, 0.15) is 0 Å². The molecule has 0 saturated heterocycles. The Labute approximate surface area is 115 Å². The topological polar surface area (TPSA) is 30.0 Å². The third-order valence-corrected chi connectivity index (χ3v) is 3.19. The lowest BCUT2D eigenvalue weighted by molar-refractivity contribution is 0.103. The Balaban J connectivity index is 2.06. The van der Waals surface area contributed by atoms with Gasteiger partial charge in [-0.1, -0.05) is 29.8 Å². The van der Waals surface area contributed by atoms with Crippen molar-refractivity contribution in [2.45, 2.75) is 0 Å². The van der Waals surface area contributed by atoms with Crippen LogP contribution >= 0.6 is 11.6 Å². The Bertz CT molecular complexity index is 767. The molecule has 92 valence electrons. The van der Waals surface area contributed by atoms with Crippen molar-refractivity contribution in [2.24, 2.45) is 0 Å². The Morgan fingerprint density at radius 2 is 1.79 bits per heavy atom. The normalized spacial score (nSPS) is 10.6. The van der Waals surface area contributed by atoms with Crippen LogP contribution in [-0.4, -0.2) is 10.8 Å². The summed E-state index contributed by atoms with van der Waals surface area (Å²) in [7, 11) is 0. The molecule has 0 aliphatic carbocycles. The summed E-state index contributed by atoms with van der Waals surface area (Å²) in [5.74, 6) is -0.0340. The van der Waals surface area contributed by atoms with Crippen LogP contribution in [0.15, 0.2) is 60.8 Å². The van der Waals surface area contributed by atoms with Crippen LogP contribution in [0, 0.1) is 0 Å². The van der Waals surface area contributed by atoms with Crippen LogP contribution in [0.2, 0.25) is 5.02 Å². The molecule has 0 atom stereocenters. The van der Waals surface area contributed by atoms with Gasteiger partial charge in [0.15, 0.2) is 5.78 Å². The van der Waals surface area contributed by atoms with Gasteiger partial charge in [0.25, 0.3) is 0 Å². The molecule has 3 heteroatoms. The molecule has 3 rings (SSSR count). The number of rotatable bonds is 2. The summed E-state index contributed by atoms with van der Waals surface area (Å²) < 4.78 is 0. The maximum atomic E-state index is 12.4. The first-order valence-corrected chi connectivity index (χ1v) is 6.27. The molecule has 2 aromatic carbocycles. The van der Waals surface area contributed by atoms with E-state index in [1.807, 2.05) is 24.3 Å². The second-order valence-corrected chi connectivity index (χ2v) is 4.69. The quantitative estimate of drug-likeness (QED) is 0.654. The number of pyridine rings is 1. The van der Waals surface area contributed by atoms with Gasteiger partial charge in [-0.2, -0.15) is 0 Å². The first-order valence-electron chi connectivity index (χ1n) is 5.89. The monoisotopic (exact) mass is 267 g/mol. The fourth-order valence-corrected chi connectivity index (χ4v) is 2.20. The van der Waals surface area contributed by atoms with E-state index in [1.165, 1.54) is 0 Å². The Hall–Kier alpha value is -2.19. The van der Waals surface area contributed by atoms with Crippen molar-refractivity contribution in [1.82, 2.24) is 4.98 Å². The van der Waals surface area contributed by atoms with Gasteiger partial charge in [0, 0.05) is 27.7 Å². The van der Waals surface area contributed by atoms with Crippen molar-refractivity contribution >= 4 is 28.3 Å². The standard InChI is InChI=1S/C16H10ClNO/c17-14-5-1-3-12(10-14)16(19)13-6-7-15-11(9-13)4-2-8-18-15/h1-10H. The van der Waals surface area contributed by atoms with E-state index in [2.05, 4.69) is 4.98 Å². The number of hydrogen-bond acceptors (Lipinski definition) is 2. The summed E-state index contributed by atoms with van der Waals surface area (Å²) in [5.41, 5.74) is 2.11.